The Morgan fingerprint density at radius 1 is 0.926 bits per heavy atom. The van der Waals surface area contributed by atoms with E-state index in [2.05, 4.69) is 5.32 Å². The van der Waals surface area contributed by atoms with Crippen molar-refractivity contribution in [1.29, 1.82) is 0 Å². The highest BCUT2D eigenvalue weighted by Crippen LogP contribution is 2.34. The molecule has 1 amide bonds. The Balaban J connectivity index is 2.07. The van der Waals surface area contributed by atoms with Crippen LogP contribution in [0.4, 0.5) is 5.69 Å². The Kier molecular flexibility index (Phi) is 5.32. The lowest BCUT2D eigenvalue weighted by atomic mass is 10.1. The van der Waals surface area contributed by atoms with Gasteiger partial charge in [0, 0.05) is 17.7 Å². The standard InChI is InChI=1S/C20H19NO5S/c1-3-25-18-12-13-20(16-9-5-4-8-15(16)18)27(23,24)26-19-11-7-6-10-17(19)21-14(2)22/h4-13H,3H2,1-2H3,(H,21,22). The van der Waals surface area contributed by atoms with Gasteiger partial charge in [-0.3, -0.25) is 4.79 Å². The Hall–Kier alpha value is -3.06. The van der Waals surface area contributed by atoms with E-state index in [9.17, 15) is 13.2 Å². The zero-order valence-corrected chi connectivity index (χ0v) is 15.7. The highest BCUT2D eigenvalue weighted by molar-refractivity contribution is 7.87. The lowest BCUT2D eigenvalue weighted by Gasteiger charge is -2.14. The molecule has 3 aromatic carbocycles. The molecule has 6 nitrogen and oxygen atoms in total. The second-order valence-electron chi connectivity index (χ2n) is 5.76. The van der Waals surface area contributed by atoms with E-state index in [4.69, 9.17) is 8.92 Å². The molecule has 0 aromatic heterocycles. The van der Waals surface area contributed by atoms with Crippen LogP contribution in [0.3, 0.4) is 0 Å². The third-order valence-electron chi connectivity index (χ3n) is 3.81. The smallest absolute Gasteiger partial charge is 0.339 e. The van der Waals surface area contributed by atoms with Crippen molar-refractivity contribution in [3.8, 4) is 11.5 Å². The van der Waals surface area contributed by atoms with Gasteiger partial charge in [-0.25, -0.2) is 0 Å². The minimum Gasteiger partial charge on any atom is -0.493 e. The lowest BCUT2D eigenvalue weighted by Crippen LogP contribution is -2.13. The van der Waals surface area contributed by atoms with Crippen molar-refractivity contribution < 1.29 is 22.1 Å². The molecule has 0 bridgehead atoms. The van der Waals surface area contributed by atoms with Crippen LogP contribution in [-0.2, 0) is 14.9 Å². The summed E-state index contributed by atoms with van der Waals surface area (Å²) in [5, 5.41) is 3.74. The number of hydrogen-bond acceptors (Lipinski definition) is 5. The highest BCUT2D eigenvalue weighted by Gasteiger charge is 2.22. The highest BCUT2D eigenvalue weighted by atomic mass is 32.2. The van der Waals surface area contributed by atoms with Crippen LogP contribution in [-0.4, -0.2) is 20.9 Å². The molecular weight excluding hydrogens is 366 g/mol. The van der Waals surface area contributed by atoms with E-state index in [-0.39, 0.29) is 22.2 Å². The number of ether oxygens (including phenoxy) is 1. The molecule has 27 heavy (non-hydrogen) atoms. The molecule has 0 heterocycles. The van der Waals surface area contributed by atoms with Crippen LogP contribution < -0.4 is 14.2 Å². The lowest BCUT2D eigenvalue weighted by molar-refractivity contribution is -0.114. The number of hydrogen-bond donors (Lipinski definition) is 1. The number of rotatable bonds is 6. The fourth-order valence-electron chi connectivity index (χ4n) is 2.74. The van der Waals surface area contributed by atoms with Crippen molar-refractivity contribution in [2.45, 2.75) is 18.7 Å². The zero-order chi connectivity index (χ0) is 19.4. The Morgan fingerprint density at radius 2 is 1.59 bits per heavy atom. The molecule has 3 rings (SSSR count). The average molecular weight is 385 g/mol. The van der Waals surface area contributed by atoms with E-state index in [1.165, 1.54) is 19.1 Å². The molecule has 0 aliphatic carbocycles. The summed E-state index contributed by atoms with van der Waals surface area (Å²) in [6.45, 7) is 3.67. The fraction of sp³-hybridized carbons (Fsp3) is 0.150. The van der Waals surface area contributed by atoms with Gasteiger partial charge in [0.1, 0.15) is 10.6 Å². The molecule has 0 spiro atoms. The number of benzene rings is 3. The third-order valence-corrected chi connectivity index (χ3v) is 5.10. The normalized spacial score (nSPS) is 11.2. The van der Waals surface area contributed by atoms with Crippen molar-refractivity contribution in [3.63, 3.8) is 0 Å². The number of anilines is 1. The maximum Gasteiger partial charge on any atom is 0.339 e. The van der Waals surface area contributed by atoms with Gasteiger partial charge in [-0.1, -0.05) is 36.4 Å². The van der Waals surface area contributed by atoms with Crippen molar-refractivity contribution >= 4 is 32.5 Å². The molecule has 0 unspecified atom stereocenters. The molecule has 0 aliphatic rings. The van der Waals surface area contributed by atoms with Crippen LogP contribution in [0.5, 0.6) is 11.5 Å². The van der Waals surface area contributed by atoms with E-state index in [0.717, 1.165) is 0 Å². The second kappa shape index (κ2) is 7.67. The summed E-state index contributed by atoms with van der Waals surface area (Å²) in [5.74, 6) is 0.325. The first kappa shape index (κ1) is 18.7. The monoisotopic (exact) mass is 385 g/mol. The zero-order valence-electron chi connectivity index (χ0n) is 14.9. The molecule has 3 aromatic rings. The Bertz CT molecular complexity index is 1090. The van der Waals surface area contributed by atoms with Gasteiger partial charge < -0.3 is 14.2 Å². The van der Waals surface area contributed by atoms with Gasteiger partial charge in [0.2, 0.25) is 5.91 Å². The van der Waals surface area contributed by atoms with Crippen LogP contribution in [0.25, 0.3) is 10.8 Å². The van der Waals surface area contributed by atoms with Crippen molar-refractivity contribution in [2.24, 2.45) is 0 Å². The van der Waals surface area contributed by atoms with Crippen LogP contribution in [0.1, 0.15) is 13.8 Å². The van der Waals surface area contributed by atoms with Gasteiger partial charge in [0.25, 0.3) is 0 Å². The molecular formula is C20H19NO5S. The topological polar surface area (TPSA) is 81.7 Å². The number of nitrogens with one attached hydrogen (secondary N) is 1. The van der Waals surface area contributed by atoms with Crippen LogP contribution in [0.2, 0.25) is 0 Å². The summed E-state index contributed by atoms with van der Waals surface area (Å²) in [7, 11) is -4.14. The summed E-state index contributed by atoms with van der Waals surface area (Å²) in [4.78, 5) is 11.4. The number of amides is 1. The molecule has 140 valence electrons. The predicted octanol–water partition coefficient (Wildman–Crippen LogP) is 3.96. The molecule has 0 fully saturated rings. The first-order chi connectivity index (χ1) is 12.9. The molecule has 0 aliphatic heterocycles. The van der Waals surface area contributed by atoms with Crippen molar-refractivity contribution in [2.75, 3.05) is 11.9 Å². The first-order valence-electron chi connectivity index (χ1n) is 8.38. The molecule has 0 atom stereocenters. The Morgan fingerprint density at radius 3 is 2.30 bits per heavy atom. The van der Waals surface area contributed by atoms with Gasteiger partial charge in [-0.05, 0) is 31.2 Å². The number of para-hydroxylation sites is 2. The molecule has 1 N–H and O–H groups in total. The number of carbonyl (C=O) groups excluding carboxylic acids is 1. The number of fused-ring (bicyclic) bond motifs is 1. The van der Waals surface area contributed by atoms with Gasteiger partial charge in [0.15, 0.2) is 5.75 Å². The van der Waals surface area contributed by atoms with Gasteiger partial charge in [0.05, 0.1) is 12.3 Å². The van der Waals surface area contributed by atoms with Gasteiger partial charge >= 0.3 is 10.1 Å². The van der Waals surface area contributed by atoms with E-state index < -0.39 is 10.1 Å². The summed E-state index contributed by atoms with van der Waals surface area (Å²) in [6.07, 6.45) is 0. The van der Waals surface area contributed by atoms with E-state index in [1.807, 2.05) is 13.0 Å². The van der Waals surface area contributed by atoms with E-state index in [1.54, 1.807) is 42.5 Å². The van der Waals surface area contributed by atoms with Crippen LogP contribution >= 0.6 is 0 Å². The van der Waals surface area contributed by atoms with Gasteiger partial charge in [-0.2, -0.15) is 8.42 Å². The van der Waals surface area contributed by atoms with Crippen molar-refractivity contribution in [3.05, 3.63) is 60.7 Å². The van der Waals surface area contributed by atoms with Crippen LogP contribution in [0.15, 0.2) is 65.6 Å². The summed E-state index contributed by atoms with van der Waals surface area (Å²) in [6, 6.07) is 16.5. The van der Waals surface area contributed by atoms with E-state index in [0.29, 0.717) is 23.1 Å². The van der Waals surface area contributed by atoms with Crippen LogP contribution in [0, 0.1) is 0 Å². The Labute approximate surface area is 157 Å². The molecule has 0 saturated heterocycles. The maximum atomic E-state index is 12.9. The average Bonchev–Trinajstić information content (AvgIpc) is 2.63. The predicted molar refractivity (Wildman–Crippen MR) is 104 cm³/mol. The maximum absolute atomic E-state index is 12.9. The fourth-order valence-corrected chi connectivity index (χ4v) is 3.89. The SMILES string of the molecule is CCOc1ccc(S(=O)(=O)Oc2ccccc2NC(C)=O)c2ccccc12. The first-order valence-corrected chi connectivity index (χ1v) is 9.79. The van der Waals surface area contributed by atoms with Gasteiger partial charge in [-0.15, -0.1) is 0 Å². The molecule has 0 saturated carbocycles. The largest absolute Gasteiger partial charge is 0.493 e. The summed E-state index contributed by atoms with van der Waals surface area (Å²) >= 11 is 0. The minimum atomic E-state index is -4.14. The molecule has 0 radical (unpaired) electrons. The summed E-state index contributed by atoms with van der Waals surface area (Å²) < 4.78 is 36.8. The summed E-state index contributed by atoms with van der Waals surface area (Å²) in [5.41, 5.74) is 0.281. The third kappa shape index (κ3) is 4.03. The number of carbonyl (C=O) groups is 1. The second-order valence-corrected chi connectivity index (χ2v) is 7.27. The minimum absolute atomic E-state index is 0.0270. The quantitative estimate of drug-likeness (QED) is 0.650. The van der Waals surface area contributed by atoms with E-state index >= 15 is 0 Å². The van der Waals surface area contributed by atoms with Crippen molar-refractivity contribution in [1.82, 2.24) is 0 Å². The molecule has 7 heteroatoms.